The number of aromatic nitrogens is 2. The Kier molecular flexibility index (Phi) is 4.44. The van der Waals surface area contributed by atoms with Crippen molar-refractivity contribution in [2.45, 2.75) is 25.4 Å². The maximum Gasteiger partial charge on any atom is 0.255 e. The zero-order chi connectivity index (χ0) is 19.8. The van der Waals surface area contributed by atoms with Crippen LogP contribution in [0.2, 0.25) is 0 Å². The van der Waals surface area contributed by atoms with Gasteiger partial charge in [0.2, 0.25) is 0 Å². The van der Waals surface area contributed by atoms with Crippen molar-refractivity contribution in [3.05, 3.63) is 54.4 Å². The Morgan fingerprint density at radius 2 is 1.79 bits per heavy atom. The van der Waals surface area contributed by atoms with Crippen LogP contribution in [0.4, 0.5) is 5.82 Å². The van der Waals surface area contributed by atoms with E-state index in [9.17, 15) is 9.59 Å². The lowest BCUT2D eigenvalue weighted by molar-refractivity contribution is -0.159. The second kappa shape index (κ2) is 7.25. The monoisotopic (exact) mass is 388 g/mol. The summed E-state index contributed by atoms with van der Waals surface area (Å²) in [6, 6.07) is 14.5. The van der Waals surface area contributed by atoms with Crippen molar-refractivity contribution in [2.24, 2.45) is 0 Å². The average Bonchev–Trinajstić information content (AvgIpc) is 3.55. The number of carbonyl (C=O) groups is 2. The van der Waals surface area contributed by atoms with Gasteiger partial charge < -0.3 is 10.1 Å². The number of anilines is 1. The molecule has 1 saturated carbocycles. The number of hydrogen-bond donors (Lipinski definition) is 1. The zero-order valence-corrected chi connectivity index (χ0v) is 15.8. The molecular formula is C22H20N4O3. The highest BCUT2D eigenvalue weighted by molar-refractivity contribution is 5.98. The zero-order valence-electron chi connectivity index (χ0n) is 15.8. The molecule has 2 heterocycles. The topological polar surface area (TPSA) is 84.4 Å². The molecule has 2 amide bonds. The smallest absolute Gasteiger partial charge is 0.255 e. The molecule has 0 atom stereocenters. The molecule has 29 heavy (non-hydrogen) atoms. The first-order chi connectivity index (χ1) is 14.2. The molecule has 7 heteroatoms. The van der Waals surface area contributed by atoms with Gasteiger partial charge in [0.15, 0.2) is 0 Å². The Balaban J connectivity index is 1.46. The van der Waals surface area contributed by atoms with Crippen LogP contribution in [-0.2, 0) is 20.9 Å². The van der Waals surface area contributed by atoms with Crippen molar-refractivity contribution < 1.29 is 14.3 Å². The quantitative estimate of drug-likeness (QED) is 0.677. The highest BCUT2D eigenvalue weighted by Gasteiger charge is 2.26. The van der Waals surface area contributed by atoms with Gasteiger partial charge in [-0.25, -0.2) is 9.97 Å². The molecule has 0 unspecified atom stereocenters. The SMILES string of the molecule is O=C1COCC(=O)N1Cc1cccc(-c2ccc3ncnc(NC4CC4)c3c2)c1. The van der Waals surface area contributed by atoms with Gasteiger partial charge in [-0.05, 0) is 47.7 Å². The summed E-state index contributed by atoms with van der Waals surface area (Å²) in [4.78, 5) is 34.0. The van der Waals surface area contributed by atoms with E-state index < -0.39 is 0 Å². The number of amides is 2. The van der Waals surface area contributed by atoms with Gasteiger partial charge in [-0.3, -0.25) is 14.5 Å². The van der Waals surface area contributed by atoms with E-state index >= 15 is 0 Å². The number of imide groups is 1. The highest BCUT2D eigenvalue weighted by atomic mass is 16.5. The van der Waals surface area contributed by atoms with Crippen molar-refractivity contribution in [1.82, 2.24) is 14.9 Å². The van der Waals surface area contributed by atoms with E-state index in [1.165, 1.54) is 17.7 Å². The lowest BCUT2D eigenvalue weighted by Crippen LogP contribution is -2.45. The van der Waals surface area contributed by atoms with Crippen LogP contribution < -0.4 is 5.32 Å². The number of benzene rings is 2. The molecule has 1 N–H and O–H groups in total. The predicted molar refractivity (Wildman–Crippen MR) is 108 cm³/mol. The molecule has 0 bridgehead atoms. The van der Waals surface area contributed by atoms with Crippen LogP contribution >= 0.6 is 0 Å². The summed E-state index contributed by atoms with van der Waals surface area (Å²) in [5, 5.41) is 4.46. The number of ether oxygens (including phenoxy) is 1. The van der Waals surface area contributed by atoms with Gasteiger partial charge in [-0.2, -0.15) is 0 Å². The van der Waals surface area contributed by atoms with E-state index in [0.717, 1.165) is 33.4 Å². The van der Waals surface area contributed by atoms with Crippen LogP contribution in [0.25, 0.3) is 22.0 Å². The fourth-order valence-corrected chi connectivity index (χ4v) is 3.50. The van der Waals surface area contributed by atoms with Crippen LogP contribution in [0.1, 0.15) is 18.4 Å². The van der Waals surface area contributed by atoms with E-state index in [1.807, 2.05) is 36.4 Å². The molecule has 1 aliphatic carbocycles. The van der Waals surface area contributed by atoms with Gasteiger partial charge in [0.25, 0.3) is 11.8 Å². The third kappa shape index (κ3) is 3.69. The number of morpholine rings is 1. The summed E-state index contributed by atoms with van der Waals surface area (Å²) in [6.07, 6.45) is 3.93. The molecule has 2 fully saturated rings. The first-order valence-corrected chi connectivity index (χ1v) is 9.69. The number of nitrogens with one attached hydrogen (secondary N) is 1. The van der Waals surface area contributed by atoms with Gasteiger partial charge in [0.05, 0.1) is 12.1 Å². The van der Waals surface area contributed by atoms with Gasteiger partial charge in [0, 0.05) is 11.4 Å². The number of rotatable bonds is 5. The fourth-order valence-electron chi connectivity index (χ4n) is 3.50. The molecule has 1 saturated heterocycles. The van der Waals surface area contributed by atoms with E-state index in [1.54, 1.807) is 6.33 Å². The van der Waals surface area contributed by atoms with Crippen LogP contribution in [0.3, 0.4) is 0 Å². The summed E-state index contributed by atoms with van der Waals surface area (Å²) in [6.45, 7) is 0.153. The van der Waals surface area contributed by atoms with Crippen LogP contribution in [0.15, 0.2) is 48.8 Å². The number of nitrogens with zero attached hydrogens (tertiary/aromatic N) is 3. The lowest BCUT2D eigenvalue weighted by atomic mass is 10.0. The minimum Gasteiger partial charge on any atom is -0.367 e. The molecule has 2 aliphatic rings. The molecule has 0 radical (unpaired) electrons. The molecule has 1 aromatic heterocycles. The molecule has 2 aromatic carbocycles. The average molecular weight is 388 g/mol. The normalized spacial score (nSPS) is 17.0. The molecule has 5 rings (SSSR count). The van der Waals surface area contributed by atoms with Crippen molar-refractivity contribution in [3.8, 4) is 11.1 Å². The molecule has 1 aliphatic heterocycles. The number of carbonyl (C=O) groups excluding carboxylic acids is 2. The predicted octanol–water partition coefficient (Wildman–Crippen LogP) is 2.76. The molecule has 0 spiro atoms. The van der Waals surface area contributed by atoms with Gasteiger partial charge in [-0.15, -0.1) is 0 Å². The molecular weight excluding hydrogens is 368 g/mol. The van der Waals surface area contributed by atoms with E-state index in [2.05, 4.69) is 21.4 Å². The Bertz CT molecular complexity index is 1090. The first-order valence-electron chi connectivity index (χ1n) is 9.69. The fraction of sp³-hybridized carbons (Fsp3) is 0.273. The minimum atomic E-state index is -0.301. The maximum absolute atomic E-state index is 12.0. The highest BCUT2D eigenvalue weighted by Crippen LogP contribution is 2.31. The van der Waals surface area contributed by atoms with E-state index in [0.29, 0.717) is 6.04 Å². The van der Waals surface area contributed by atoms with Crippen molar-refractivity contribution >= 4 is 28.5 Å². The standard InChI is InChI=1S/C22H20N4O3/c27-20-11-29-12-21(28)26(20)10-14-2-1-3-15(8-14)16-4-7-19-18(9-16)22(24-13-23-19)25-17-5-6-17/h1-4,7-9,13,17H,5-6,10-12H2,(H,23,24,25). The Morgan fingerprint density at radius 3 is 2.59 bits per heavy atom. The lowest BCUT2D eigenvalue weighted by Gasteiger charge is -2.25. The number of fused-ring (bicyclic) bond motifs is 1. The second-order valence-electron chi connectivity index (χ2n) is 7.44. The molecule has 146 valence electrons. The van der Waals surface area contributed by atoms with Gasteiger partial charge in [-0.1, -0.05) is 24.3 Å². The second-order valence-corrected chi connectivity index (χ2v) is 7.44. The van der Waals surface area contributed by atoms with Crippen LogP contribution in [0, 0.1) is 0 Å². The van der Waals surface area contributed by atoms with Crippen molar-refractivity contribution in [3.63, 3.8) is 0 Å². The third-order valence-corrected chi connectivity index (χ3v) is 5.21. The van der Waals surface area contributed by atoms with Crippen LogP contribution in [-0.4, -0.2) is 45.9 Å². The van der Waals surface area contributed by atoms with E-state index in [4.69, 9.17) is 4.74 Å². The van der Waals surface area contributed by atoms with Crippen molar-refractivity contribution in [2.75, 3.05) is 18.5 Å². The number of hydrogen-bond acceptors (Lipinski definition) is 6. The van der Waals surface area contributed by atoms with E-state index in [-0.39, 0.29) is 31.6 Å². The maximum atomic E-state index is 12.0. The van der Waals surface area contributed by atoms with Crippen molar-refractivity contribution in [1.29, 1.82) is 0 Å². The van der Waals surface area contributed by atoms with Crippen LogP contribution in [0.5, 0.6) is 0 Å². The summed E-state index contributed by atoms with van der Waals surface area (Å²) >= 11 is 0. The largest absolute Gasteiger partial charge is 0.367 e. The van der Waals surface area contributed by atoms with Gasteiger partial charge in [0.1, 0.15) is 25.4 Å². The Morgan fingerprint density at radius 1 is 1.00 bits per heavy atom. The summed E-state index contributed by atoms with van der Waals surface area (Å²) in [7, 11) is 0. The minimum absolute atomic E-state index is 0.0487. The summed E-state index contributed by atoms with van der Waals surface area (Å²) in [5.41, 5.74) is 3.84. The molecule has 7 nitrogen and oxygen atoms in total. The Labute approximate surface area is 167 Å². The molecule has 3 aromatic rings. The Hall–Kier alpha value is -3.32. The summed E-state index contributed by atoms with van der Waals surface area (Å²) in [5.74, 6) is 0.260. The third-order valence-electron chi connectivity index (χ3n) is 5.21. The first kappa shape index (κ1) is 17.8. The van der Waals surface area contributed by atoms with Gasteiger partial charge >= 0.3 is 0 Å². The summed E-state index contributed by atoms with van der Waals surface area (Å²) < 4.78 is 4.98.